The van der Waals surface area contributed by atoms with E-state index in [1.165, 1.54) is 0 Å². The molecule has 0 unspecified atom stereocenters. The second kappa shape index (κ2) is 7.00. The Morgan fingerprint density at radius 3 is 2.46 bits per heavy atom. The van der Waals surface area contributed by atoms with Crippen molar-refractivity contribution in [2.24, 2.45) is 23.7 Å². The number of hydrogen-bond donors (Lipinski definition) is 1. The van der Waals surface area contributed by atoms with Crippen LogP contribution in [0.5, 0.6) is 0 Å². The minimum absolute atomic E-state index is 0.0264. The molecule has 2 heterocycles. The molecule has 1 saturated carbocycles. The highest BCUT2D eigenvalue weighted by Crippen LogP contribution is 2.46. The van der Waals surface area contributed by atoms with Crippen LogP contribution < -0.4 is 0 Å². The number of methoxy groups -OCH3 is 2. The number of rotatable bonds is 4. The zero-order valence-corrected chi connectivity index (χ0v) is 14.8. The van der Waals surface area contributed by atoms with E-state index in [1.54, 1.807) is 14.2 Å². The van der Waals surface area contributed by atoms with E-state index in [4.69, 9.17) is 9.47 Å². The Kier molecular flexibility index (Phi) is 5.16. The summed E-state index contributed by atoms with van der Waals surface area (Å²) in [6.07, 6.45) is 4.06. The molecular formula is C18H29NO5. The van der Waals surface area contributed by atoms with Gasteiger partial charge in [0.1, 0.15) is 0 Å². The first kappa shape index (κ1) is 17.7. The number of aliphatic carboxylic acids is 1. The molecule has 0 aromatic carbocycles. The maximum absolute atomic E-state index is 12.9. The van der Waals surface area contributed by atoms with Crippen molar-refractivity contribution in [2.45, 2.75) is 57.3 Å². The van der Waals surface area contributed by atoms with Gasteiger partial charge in [0.2, 0.25) is 5.91 Å². The average molecular weight is 339 g/mol. The number of carbonyl (C=O) groups excluding carboxylic acids is 1. The van der Waals surface area contributed by atoms with Crippen molar-refractivity contribution in [3.8, 4) is 0 Å². The van der Waals surface area contributed by atoms with Crippen LogP contribution >= 0.6 is 0 Å². The van der Waals surface area contributed by atoms with Crippen molar-refractivity contribution in [2.75, 3.05) is 20.8 Å². The lowest BCUT2D eigenvalue weighted by molar-refractivity contribution is -0.169. The van der Waals surface area contributed by atoms with E-state index >= 15 is 0 Å². The summed E-state index contributed by atoms with van der Waals surface area (Å²) >= 11 is 0. The lowest BCUT2D eigenvalue weighted by atomic mass is 9.64. The van der Waals surface area contributed by atoms with Crippen LogP contribution in [0.2, 0.25) is 0 Å². The second-order valence-corrected chi connectivity index (χ2v) is 7.53. The molecule has 3 aliphatic rings. The molecular weight excluding hydrogens is 310 g/mol. The lowest BCUT2D eigenvalue weighted by Gasteiger charge is -2.54. The highest BCUT2D eigenvalue weighted by Gasteiger charge is 2.52. The molecule has 6 heteroatoms. The van der Waals surface area contributed by atoms with E-state index in [1.807, 2.05) is 11.8 Å². The Bertz CT molecular complexity index is 496. The maximum Gasteiger partial charge on any atom is 0.307 e. The molecule has 7 atom stereocenters. The summed E-state index contributed by atoms with van der Waals surface area (Å²) in [5, 5.41) is 9.61. The fraction of sp³-hybridized carbons (Fsp3) is 0.889. The van der Waals surface area contributed by atoms with Gasteiger partial charge in [0.05, 0.1) is 24.0 Å². The summed E-state index contributed by atoms with van der Waals surface area (Å²) in [6.45, 7) is 2.66. The number of fused-ring (bicyclic) bond motifs is 3. The quantitative estimate of drug-likeness (QED) is 0.845. The van der Waals surface area contributed by atoms with Gasteiger partial charge in [-0.15, -0.1) is 0 Å². The van der Waals surface area contributed by atoms with Crippen LogP contribution in [-0.2, 0) is 19.1 Å². The molecule has 136 valence electrons. The third kappa shape index (κ3) is 2.84. The number of carbonyl (C=O) groups is 2. The molecule has 0 aromatic rings. The van der Waals surface area contributed by atoms with Gasteiger partial charge in [-0.05, 0) is 43.9 Å². The van der Waals surface area contributed by atoms with Crippen LogP contribution in [0.15, 0.2) is 0 Å². The zero-order chi connectivity index (χ0) is 17.4. The van der Waals surface area contributed by atoms with Gasteiger partial charge in [0, 0.05) is 26.8 Å². The first-order chi connectivity index (χ1) is 11.5. The highest BCUT2D eigenvalue weighted by atomic mass is 16.5. The van der Waals surface area contributed by atoms with Crippen LogP contribution in [0.3, 0.4) is 0 Å². The van der Waals surface area contributed by atoms with E-state index in [2.05, 4.69) is 0 Å². The zero-order valence-electron chi connectivity index (χ0n) is 14.8. The number of amides is 1. The summed E-state index contributed by atoms with van der Waals surface area (Å²) in [5.41, 5.74) is 0. The maximum atomic E-state index is 12.9. The van der Waals surface area contributed by atoms with Crippen molar-refractivity contribution in [3.63, 3.8) is 0 Å². The number of piperidine rings is 2. The van der Waals surface area contributed by atoms with E-state index in [0.29, 0.717) is 24.7 Å². The van der Waals surface area contributed by atoms with Crippen LogP contribution in [0.1, 0.15) is 39.0 Å². The summed E-state index contributed by atoms with van der Waals surface area (Å²) in [6, 6.07) is 0.0376. The summed E-state index contributed by atoms with van der Waals surface area (Å²) in [7, 11) is 3.43. The molecule has 1 amide bonds. The first-order valence-electron chi connectivity index (χ1n) is 9.10. The second-order valence-electron chi connectivity index (χ2n) is 7.53. The molecule has 1 aliphatic carbocycles. The molecule has 2 aliphatic heterocycles. The summed E-state index contributed by atoms with van der Waals surface area (Å²) in [4.78, 5) is 26.5. The molecule has 2 saturated heterocycles. The molecule has 1 N–H and O–H groups in total. The third-order valence-corrected chi connectivity index (χ3v) is 6.64. The van der Waals surface area contributed by atoms with E-state index < -0.39 is 11.9 Å². The average Bonchev–Trinajstić information content (AvgIpc) is 2.59. The Labute approximate surface area is 143 Å². The predicted octanol–water partition coefficient (Wildman–Crippen LogP) is 1.77. The summed E-state index contributed by atoms with van der Waals surface area (Å²) in [5.74, 6) is -0.900. The Morgan fingerprint density at radius 1 is 1.21 bits per heavy atom. The topological polar surface area (TPSA) is 76.1 Å². The van der Waals surface area contributed by atoms with Crippen LogP contribution in [-0.4, -0.2) is 60.9 Å². The van der Waals surface area contributed by atoms with Gasteiger partial charge in [-0.1, -0.05) is 6.92 Å². The molecule has 24 heavy (non-hydrogen) atoms. The largest absolute Gasteiger partial charge is 0.481 e. The van der Waals surface area contributed by atoms with Crippen LogP contribution in [0.4, 0.5) is 0 Å². The minimum atomic E-state index is -0.828. The van der Waals surface area contributed by atoms with Gasteiger partial charge < -0.3 is 19.5 Å². The number of hydrogen-bond acceptors (Lipinski definition) is 4. The fourth-order valence-corrected chi connectivity index (χ4v) is 5.36. The monoisotopic (exact) mass is 339 g/mol. The Morgan fingerprint density at radius 2 is 1.88 bits per heavy atom. The molecule has 0 aromatic heterocycles. The summed E-state index contributed by atoms with van der Waals surface area (Å²) < 4.78 is 11.2. The minimum Gasteiger partial charge on any atom is -0.481 e. The van der Waals surface area contributed by atoms with Gasteiger partial charge in [-0.2, -0.15) is 0 Å². The molecule has 0 bridgehead atoms. The van der Waals surface area contributed by atoms with Gasteiger partial charge in [0.15, 0.2) is 0 Å². The predicted molar refractivity (Wildman–Crippen MR) is 87.4 cm³/mol. The number of carboxylic acids is 1. The Hall–Kier alpha value is -1.14. The lowest BCUT2D eigenvalue weighted by Crippen LogP contribution is -2.61. The molecule has 0 spiro atoms. The smallest absolute Gasteiger partial charge is 0.307 e. The van der Waals surface area contributed by atoms with Crippen molar-refractivity contribution in [1.82, 2.24) is 4.90 Å². The molecule has 0 radical (unpaired) electrons. The standard InChI is InChI=1S/C18H29NO5/c1-4-11-13(18(21)22)8-14-12-9-16(24-3)15(23-2)7-10(12)5-6-19(14)17(11)20/h10-16H,4-9H2,1-3H3,(H,21,22)/t10-,11+,12-,13+,14+,15+,16-/m1/s1. The SMILES string of the molecule is CC[C@@H]1C(=O)N2CC[C@@H]3C[C@H](OC)[C@H](OC)C[C@H]3[C@@H]2C[C@@H]1C(=O)O. The van der Waals surface area contributed by atoms with E-state index in [0.717, 1.165) is 25.8 Å². The van der Waals surface area contributed by atoms with Crippen molar-refractivity contribution in [1.29, 1.82) is 0 Å². The van der Waals surface area contributed by atoms with Gasteiger partial charge >= 0.3 is 5.97 Å². The molecule has 3 rings (SSSR count). The normalized spacial score (nSPS) is 42.4. The number of ether oxygens (including phenoxy) is 2. The van der Waals surface area contributed by atoms with Crippen molar-refractivity contribution >= 4 is 11.9 Å². The van der Waals surface area contributed by atoms with E-state index in [-0.39, 0.29) is 30.1 Å². The van der Waals surface area contributed by atoms with Crippen molar-refractivity contribution < 1.29 is 24.2 Å². The van der Waals surface area contributed by atoms with Gasteiger partial charge in [0.25, 0.3) is 0 Å². The van der Waals surface area contributed by atoms with Gasteiger partial charge in [-0.25, -0.2) is 0 Å². The third-order valence-electron chi connectivity index (χ3n) is 6.64. The Balaban J connectivity index is 1.84. The number of nitrogens with zero attached hydrogens (tertiary/aromatic N) is 1. The first-order valence-corrected chi connectivity index (χ1v) is 9.10. The fourth-order valence-electron chi connectivity index (χ4n) is 5.36. The molecule has 3 fully saturated rings. The van der Waals surface area contributed by atoms with E-state index in [9.17, 15) is 14.7 Å². The van der Waals surface area contributed by atoms with Crippen LogP contribution in [0, 0.1) is 23.7 Å². The van der Waals surface area contributed by atoms with Crippen molar-refractivity contribution in [3.05, 3.63) is 0 Å². The molecule has 6 nitrogen and oxygen atoms in total. The highest BCUT2D eigenvalue weighted by molar-refractivity contribution is 5.86. The van der Waals surface area contributed by atoms with Gasteiger partial charge in [-0.3, -0.25) is 9.59 Å². The van der Waals surface area contributed by atoms with Crippen LogP contribution in [0.25, 0.3) is 0 Å². The number of carboxylic acid groups (broad SMARTS) is 1.